The molecule has 1 aliphatic rings. The van der Waals surface area contributed by atoms with E-state index in [4.69, 9.17) is 4.74 Å². The number of nitrogens with one attached hydrogen (secondary N) is 1. The fraction of sp³-hybridized carbons (Fsp3) is 0.273. The number of anilines is 1. The van der Waals surface area contributed by atoms with Gasteiger partial charge >= 0.3 is 6.18 Å². The molecule has 12 heteroatoms. The maximum Gasteiger partial charge on any atom is 0.416 e. The van der Waals surface area contributed by atoms with E-state index in [0.717, 1.165) is 24.7 Å². The summed E-state index contributed by atoms with van der Waals surface area (Å²) in [5, 5.41) is 7.64. The number of nitrogens with zero attached hydrogens (tertiary/aromatic N) is 6. The zero-order valence-corrected chi connectivity index (χ0v) is 25.1. The Morgan fingerprint density at radius 2 is 1.71 bits per heavy atom. The van der Waals surface area contributed by atoms with Crippen LogP contribution in [0.1, 0.15) is 27.0 Å². The minimum Gasteiger partial charge on any atom is -0.438 e. The van der Waals surface area contributed by atoms with Gasteiger partial charge in [0.2, 0.25) is 5.88 Å². The number of piperazine rings is 1. The Hall–Kier alpha value is -4.81. The SMILES string of the molecule is Cc1ccc(Oc2nc(-c3ccccc3)nc3nn(C)cc23)cc1C(=O)Nc1ccc(CN2CCN(C)CC2)c(C(F)(F)F)c1. The molecule has 0 saturated carbocycles. The van der Waals surface area contributed by atoms with Crippen molar-refractivity contribution in [1.82, 2.24) is 29.5 Å². The lowest BCUT2D eigenvalue weighted by molar-refractivity contribution is -0.138. The maximum absolute atomic E-state index is 14.1. The van der Waals surface area contributed by atoms with Gasteiger partial charge in [-0.1, -0.05) is 42.5 Å². The molecule has 1 saturated heterocycles. The second kappa shape index (κ2) is 12.3. The van der Waals surface area contributed by atoms with E-state index in [9.17, 15) is 18.0 Å². The molecule has 0 bridgehead atoms. The van der Waals surface area contributed by atoms with Crippen LogP contribution in [0.15, 0.2) is 72.9 Å². The predicted molar refractivity (Wildman–Crippen MR) is 165 cm³/mol. The summed E-state index contributed by atoms with van der Waals surface area (Å²) < 4.78 is 50.1. The highest BCUT2D eigenvalue weighted by Crippen LogP contribution is 2.35. The Labute approximate surface area is 258 Å². The first kappa shape index (κ1) is 30.2. The molecule has 45 heavy (non-hydrogen) atoms. The van der Waals surface area contributed by atoms with E-state index in [1.807, 2.05) is 42.3 Å². The summed E-state index contributed by atoms with van der Waals surface area (Å²) in [6.07, 6.45) is -2.83. The minimum atomic E-state index is -4.57. The zero-order valence-electron chi connectivity index (χ0n) is 25.1. The van der Waals surface area contributed by atoms with E-state index in [2.05, 4.69) is 25.3 Å². The van der Waals surface area contributed by atoms with Crippen LogP contribution in [0.25, 0.3) is 22.4 Å². The van der Waals surface area contributed by atoms with Crippen LogP contribution in [0, 0.1) is 6.92 Å². The molecule has 1 amide bonds. The third-order valence-corrected chi connectivity index (χ3v) is 7.82. The first-order chi connectivity index (χ1) is 21.5. The topological polar surface area (TPSA) is 88.4 Å². The number of aromatic nitrogens is 4. The van der Waals surface area contributed by atoms with Crippen LogP contribution in [0.5, 0.6) is 11.6 Å². The molecule has 1 aliphatic heterocycles. The molecule has 0 atom stereocenters. The van der Waals surface area contributed by atoms with Crippen molar-refractivity contribution in [3.05, 3.63) is 95.2 Å². The van der Waals surface area contributed by atoms with Crippen LogP contribution in [0.3, 0.4) is 0 Å². The number of likely N-dealkylation sites (N-methyl/N-ethyl adjacent to an activating group) is 1. The molecule has 0 spiro atoms. The summed E-state index contributed by atoms with van der Waals surface area (Å²) in [4.78, 5) is 26.7. The molecular weight excluding hydrogens is 583 g/mol. The third kappa shape index (κ3) is 6.81. The van der Waals surface area contributed by atoms with Gasteiger partial charge in [-0.3, -0.25) is 14.4 Å². The molecule has 3 heterocycles. The monoisotopic (exact) mass is 615 g/mol. The zero-order chi connectivity index (χ0) is 31.7. The Bertz CT molecular complexity index is 1850. The molecule has 0 unspecified atom stereocenters. The Balaban J connectivity index is 1.25. The Kier molecular flexibility index (Phi) is 8.26. The van der Waals surface area contributed by atoms with Crippen molar-refractivity contribution in [1.29, 1.82) is 0 Å². The van der Waals surface area contributed by atoms with Crippen molar-refractivity contribution in [3.63, 3.8) is 0 Å². The van der Waals surface area contributed by atoms with E-state index >= 15 is 0 Å². The van der Waals surface area contributed by atoms with Gasteiger partial charge in [0.1, 0.15) is 11.1 Å². The number of rotatable bonds is 7. The summed E-state index contributed by atoms with van der Waals surface area (Å²) in [5.74, 6) is 0.454. The van der Waals surface area contributed by atoms with Gasteiger partial charge in [0.25, 0.3) is 5.91 Å². The summed E-state index contributed by atoms with van der Waals surface area (Å²) in [6.45, 7) is 4.93. The molecule has 5 aromatic rings. The summed E-state index contributed by atoms with van der Waals surface area (Å²) in [6, 6.07) is 18.3. The van der Waals surface area contributed by atoms with E-state index in [0.29, 0.717) is 41.3 Å². The summed E-state index contributed by atoms with van der Waals surface area (Å²) in [5.41, 5.74) is 1.59. The van der Waals surface area contributed by atoms with Gasteiger partial charge in [0.15, 0.2) is 11.5 Å². The number of halogens is 3. The van der Waals surface area contributed by atoms with Crippen LogP contribution in [-0.4, -0.2) is 68.7 Å². The standard InChI is InChI=1S/C33H32F3N7O2/c1-21-9-12-25(45-32-27-20-42(3)40-30(27)38-29(39-32)22-7-5-4-6-8-22)18-26(21)31(44)37-24-11-10-23(28(17-24)33(34,35)36)19-43-15-13-41(2)14-16-43/h4-12,17-18,20H,13-16,19H2,1-3H3,(H,37,44). The molecule has 9 nitrogen and oxygen atoms in total. The van der Waals surface area contributed by atoms with Crippen molar-refractivity contribution in [2.45, 2.75) is 19.6 Å². The van der Waals surface area contributed by atoms with Crippen LogP contribution >= 0.6 is 0 Å². The van der Waals surface area contributed by atoms with Crippen molar-refractivity contribution >= 4 is 22.6 Å². The number of carbonyl (C=O) groups is 1. The second-order valence-electron chi connectivity index (χ2n) is 11.2. The van der Waals surface area contributed by atoms with Crippen LogP contribution < -0.4 is 10.1 Å². The minimum absolute atomic E-state index is 0.0561. The first-order valence-electron chi connectivity index (χ1n) is 14.5. The fourth-order valence-electron chi connectivity index (χ4n) is 5.31. The highest BCUT2D eigenvalue weighted by molar-refractivity contribution is 6.05. The van der Waals surface area contributed by atoms with Gasteiger partial charge < -0.3 is 15.0 Å². The van der Waals surface area contributed by atoms with Gasteiger partial charge in [-0.25, -0.2) is 4.98 Å². The van der Waals surface area contributed by atoms with E-state index in [-0.39, 0.29) is 29.2 Å². The number of hydrogen-bond donors (Lipinski definition) is 1. The largest absolute Gasteiger partial charge is 0.438 e. The number of benzene rings is 3. The lowest BCUT2D eigenvalue weighted by Gasteiger charge is -2.33. The number of fused-ring (bicyclic) bond motifs is 1. The molecule has 3 aromatic carbocycles. The maximum atomic E-state index is 14.1. The first-order valence-corrected chi connectivity index (χ1v) is 14.5. The number of carbonyl (C=O) groups excluding carboxylic acids is 1. The highest BCUT2D eigenvalue weighted by Gasteiger charge is 2.34. The number of alkyl halides is 3. The smallest absolute Gasteiger partial charge is 0.416 e. The Morgan fingerprint density at radius 3 is 2.44 bits per heavy atom. The van der Waals surface area contributed by atoms with E-state index in [1.165, 1.54) is 12.1 Å². The molecule has 0 aliphatic carbocycles. The number of ether oxygens (including phenoxy) is 1. The lowest BCUT2D eigenvalue weighted by Crippen LogP contribution is -2.44. The van der Waals surface area contributed by atoms with E-state index in [1.54, 1.807) is 43.0 Å². The normalized spacial score (nSPS) is 14.5. The van der Waals surface area contributed by atoms with Crippen molar-refractivity contribution in [3.8, 4) is 23.0 Å². The van der Waals surface area contributed by atoms with Gasteiger partial charge in [0.05, 0.1) is 5.56 Å². The number of hydrogen-bond acceptors (Lipinski definition) is 7. The van der Waals surface area contributed by atoms with Crippen LogP contribution in [-0.2, 0) is 19.8 Å². The van der Waals surface area contributed by atoms with Gasteiger partial charge in [-0.2, -0.15) is 23.3 Å². The molecule has 2 aromatic heterocycles. The van der Waals surface area contributed by atoms with Crippen molar-refractivity contribution in [2.75, 3.05) is 38.5 Å². The quantitative estimate of drug-likeness (QED) is 0.235. The average Bonchev–Trinajstić information content (AvgIpc) is 3.40. The second-order valence-corrected chi connectivity index (χ2v) is 11.2. The van der Waals surface area contributed by atoms with E-state index < -0.39 is 17.6 Å². The predicted octanol–water partition coefficient (Wildman–Crippen LogP) is 6.15. The van der Waals surface area contributed by atoms with Gasteiger partial charge in [0, 0.05) is 62.8 Å². The molecule has 232 valence electrons. The molecule has 6 rings (SSSR count). The number of aryl methyl sites for hydroxylation is 2. The lowest BCUT2D eigenvalue weighted by atomic mass is 10.0. The highest BCUT2D eigenvalue weighted by atomic mass is 19.4. The fourth-order valence-corrected chi connectivity index (χ4v) is 5.31. The third-order valence-electron chi connectivity index (χ3n) is 7.82. The van der Waals surface area contributed by atoms with Crippen LogP contribution in [0.4, 0.5) is 18.9 Å². The number of amides is 1. The summed E-state index contributed by atoms with van der Waals surface area (Å²) in [7, 11) is 3.77. The van der Waals surface area contributed by atoms with Gasteiger partial charge in [-0.05, 0) is 49.4 Å². The summed E-state index contributed by atoms with van der Waals surface area (Å²) >= 11 is 0. The molecule has 0 radical (unpaired) electrons. The Morgan fingerprint density at radius 1 is 0.956 bits per heavy atom. The van der Waals surface area contributed by atoms with Gasteiger partial charge in [-0.15, -0.1) is 0 Å². The average molecular weight is 616 g/mol. The van der Waals surface area contributed by atoms with Crippen molar-refractivity contribution in [2.24, 2.45) is 7.05 Å². The van der Waals surface area contributed by atoms with Crippen molar-refractivity contribution < 1.29 is 22.7 Å². The van der Waals surface area contributed by atoms with Crippen LogP contribution in [0.2, 0.25) is 0 Å². The molecular formula is C33H32F3N7O2. The molecule has 1 fully saturated rings. The molecule has 1 N–H and O–H groups in total.